The monoisotopic (exact) mass is 257 g/mol. The zero-order chi connectivity index (χ0) is 13.4. The molecule has 3 aromatic rings. The number of benzene rings is 1. The molecular formula is C14H15N3O2. The lowest BCUT2D eigenvalue weighted by Gasteiger charge is -2.08. The molecule has 0 aliphatic carbocycles. The van der Waals surface area contributed by atoms with Crippen LogP contribution >= 0.6 is 0 Å². The van der Waals surface area contributed by atoms with Crippen molar-refractivity contribution in [2.45, 2.75) is 20.4 Å². The zero-order valence-electron chi connectivity index (χ0n) is 10.9. The first kappa shape index (κ1) is 11.8. The Morgan fingerprint density at radius 3 is 2.89 bits per heavy atom. The molecule has 2 aromatic heterocycles. The van der Waals surface area contributed by atoms with Gasteiger partial charge in [0.15, 0.2) is 5.82 Å². The number of H-pyrrole nitrogens is 1. The van der Waals surface area contributed by atoms with Crippen LogP contribution in [0.25, 0.3) is 22.3 Å². The molecule has 0 unspecified atom stereocenters. The lowest BCUT2D eigenvalue weighted by Crippen LogP contribution is -2.02. The van der Waals surface area contributed by atoms with Crippen LogP contribution < -0.4 is 5.76 Å². The summed E-state index contributed by atoms with van der Waals surface area (Å²) in [4.78, 5) is 13.5. The summed E-state index contributed by atoms with van der Waals surface area (Å²) >= 11 is 0. The van der Waals surface area contributed by atoms with Crippen LogP contribution in [0.2, 0.25) is 0 Å². The number of rotatable bonds is 3. The number of nitrogens with zero attached hydrogens (tertiary/aromatic N) is 2. The van der Waals surface area contributed by atoms with E-state index in [1.807, 2.05) is 18.2 Å². The molecule has 0 fully saturated rings. The minimum Gasteiger partial charge on any atom is -0.347 e. The van der Waals surface area contributed by atoms with Crippen molar-refractivity contribution in [1.82, 2.24) is 14.7 Å². The van der Waals surface area contributed by atoms with E-state index in [0.717, 1.165) is 17.5 Å². The normalized spacial score (nSPS) is 11.5. The first-order valence-corrected chi connectivity index (χ1v) is 6.29. The Hall–Kier alpha value is -2.30. The van der Waals surface area contributed by atoms with E-state index < -0.39 is 5.76 Å². The molecule has 0 atom stereocenters. The third-order valence-electron chi connectivity index (χ3n) is 3.05. The van der Waals surface area contributed by atoms with E-state index in [1.54, 1.807) is 0 Å². The van der Waals surface area contributed by atoms with Crippen LogP contribution in [-0.2, 0) is 6.54 Å². The van der Waals surface area contributed by atoms with Gasteiger partial charge in [-0.25, -0.2) is 4.79 Å². The van der Waals surface area contributed by atoms with Gasteiger partial charge in [0.1, 0.15) is 0 Å². The van der Waals surface area contributed by atoms with Gasteiger partial charge in [-0.2, -0.15) is 0 Å². The Kier molecular flexibility index (Phi) is 2.74. The molecule has 0 bridgehead atoms. The molecule has 98 valence electrons. The summed E-state index contributed by atoms with van der Waals surface area (Å²) < 4.78 is 6.75. The van der Waals surface area contributed by atoms with Gasteiger partial charge >= 0.3 is 5.76 Å². The van der Waals surface area contributed by atoms with Crippen molar-refractivity contribution in [3.8, 4) is 11.4 Å². The maximum absolute atomic E-state index is 11.0. The largest absolute Gasteiger partial charge is 0.439 e. The lowest BCUT2D eigenvalue weighted by molar-refractivity contribution is 0.388. The van der Waals surface area contributed by atoms with Crippen LogP contribution in [0.5, 0.6) is 0 Å². The van der Waals surface area contributed by atoms with E-state index in [1.165, 1.54) is 5.52 Å². The molecule has 1 aromatic carbocycles. The predicted molar refractivity (Wildman–Crippen MR) is 72.9 cm³/mol. The van der Waals surface area contributed by atoms with E-state index >= 15 is 0 Å². The van der Waals surface area contributed by atoms with Crippen LogP contribution in [0, 0.1) is 5.92 Å². The SMILES string of the molecule is CC(C)Cn1ccc2cc(-c3noc(=O)[nH]3)ccc21. The summed E-state index contributed by atoms with van der Waals surface area (Å²) in [5.41, 5.74) is 2.03. The highest BCUT2D eigenvalue weighted by molar-refractivity contribution is 5.84. The quantitative estimate of drug-likeness (QED) is 0.784. The number of fused-ring (bicyclic) bond motifs is 1. The molecule has 1 N–H and O–H groups in total. The standard InChI is InChI=1S/C14H15N3O2/c1-9(2)8-17-6-5-10-7-11(3-4-12(10)17)13-15-14(18)19-16-13/h3-7,9H,8H2,1-2H3,(H,15,16,18). The van der Waals surface area contributed by atoms with Gasteiger partial charge in [0.25, 0.3) is 0 Å². The van der Waals surface area contributed by atoms with Crippen molar-refractivity contribution in [3.63, 3.8) is 0 Å². The van der Waals surface area contributed by atoms with Crippen molar-refractivity contribution in [2.24, 2.45) is 5.92 Å². The molecule has 0 saturated carbocycles. The number of nitrogens with one attached hydrogen (secondary N) is 1. The van der Waals surface area contributed by atoms with Crippen LogP contribution in [-0.4, -0.2) is 14.7 Å². The summed E-state index contributed by atoms with van der Waals surface area (Å²) in [5, 5.41) is 4.83. The second kappa shape index (κ2) is 4.42. The van der Waals surface area contributed by atoms with Crippen molar-refractivity contribution >= 4 is 10.9 Å². The second-order valence-electron chi connectivity index (χ2n) is 5.08. The smallest absolute Gasteiger partial charge is 0.347 e. The van der Waals surface area contributed by atoms with Crippen LogP contribution in [0.4, 0.5) is 0 Å². The molecular weight excluding hydrogens is 242 g/mol. The van der Waals surface area contributed by atoms with Crippen molar-refractivity contribution in [2.75, 3.05) is 0 Å². The number of aromatic nitrogens is 3. The Balaban J connectivity index is 2.05. The summed E-state index contributed by atoms with van der Waals surface area (Å²) in [6, 6.07) is 8.05. The molecule has 0 spiro atoms. The highest BCUT2D eigenvalue weighted by Gasteiger charge is 2.08. The molecule has 0 aliphatic heterocycles. The van der Waals surface area contributed by atoms with E-state index in [2.05, 4.69) is 45.3 Å². The van der Waals surface area contributed by atoms with Crippen LogP contribution in [0.1, 0.15) is 13.8 Å². The summed E-state index contributed by atoms with van der Waals surface area (Å²) in [6.07, 6.45) is 2.08. The highest BCUT2D eigenvalue weighted by atomic mass is 16.5. The maximum Gasteiger partial charge on any atom is 0.439 e. The van der Waals surface area contributed by atoms with E-state index in [4.69, 9.17) is 0 Å². The Bertz CT molecular complexity index is 764. The van der Waals surface area contributed by atoms with Gasteiger partial charge < -0.3 is 4.57 Å². The fourth-order valence-electron chi connectivity index (χ4n) is 2.25. The van der Waals surface area contributed by atoms with Crippen LogP contribution in [0.15, 0.2) is 39.8 Å². The zero-order valence-corrected chi connectivity index (χ0v) is 10.9. The van der Waals surface area contributed by atoms with Gasteiger partial charge in [-0.3, -0.25) is 9.51 Å². The third kappa shape index (κ3) is 2.19. The predicted octanol–water partition coefficient (Wildman–Crippen LogP) is 2.64. The van der Waals surface area contributed by atoms with Gasteiger partial charge in [-0.1, -0.05) is 19.0 Å². The molecule has 0 aliphatic rings. The summed E-state index contributed by atoms with van der Waals surface area (Å²) in [5.74, 6) is 0.526. The maximum atomic E-state index is 11.0. The topological polar surface area (TPSA) is 63.8 Å². The van der Waals surface area contributed by atoms with Gasteiger partial charge in [-0.05, 0) is 30.2 Å². The van der Waals surface area contributed by atoms with Gasteiger partial charge in [0.2, 0.25) is 0 Å². The van der Waals surface area contributed by atoms with Crippen molar-refractivity contribution < 1.29 is 4.52 Å². The van der Waals surface area contributed by atoms with Gasteiger partial charge in [-0.15, -0.1) is 0 Å². The fourth-order valence-corrected chi connectivity index (χ4v) is 2.25. The Morgan fingerprint density at radius 2 is 2.21 bits per heavy atom. The van der Waals surface area contributed by atoms with Gasteiger partial charge in [0, 0.05) is 29.2 Å². The highest BCUT2D eigenvalue weighted by Crippen LogP contribution is 2.23. The number of aromatic amines is 1. The third-order valence-corrected chi connectivity index (χ3v) is 3.05. The first-order valence-electron chi connectivity index (χ1n) is 6.29. The Morgan fingerprint density at radius 1 is 1.37 bits per heavy atom. The van der Waals surface area contributed by atoms with E-state index in [9.17, 15) is 4.79 Å². The molecule has 0 radical (unpaired) electrons. The van der Waals surface area contributed by atoms with Crippen molar-refractivity contribution in [3.05, 3.63) is 41.0 Å². The summed E-state index contributed by atoms with van der Waals surface area (Å²) in [6.45, 7) is 5.38. The second-order valence-corrected chi connectivity index (χ2v) is 5.08. The molecule has 2 heterocycles. The molecule has 5 nitrogen and oxygen atoms in total. The average molecular weight is 257 g/mol. The first-order chi connectivity index (χ1) is 9.13. The minimum absolute atomic E-state index is 0.462. The van der Waals surface area contributed by atoms with Crippen LogP contribution in [0.3, 0.4) is 0 Å². The number of hydrogen-bond acceptors (Lipinski definition) is 3. The van der Waals surface area contributed by atoms with E-state index in [-0.39, 0.29) is 0 Å². The summed E-state index contributed by atoms with van der Waals surface area (Å²) in [7, 11) is 0. The molecule has 3 rings (SSSR count). The fraction of sp³-hybridized carbons (Fsp3) is 0.286. The van der Waals surface area contributed by atoms with E-state index in [0.29, 0.717) is 11.7 Å². The molecule has 0 amide bonds. The van der Waals surface area contributed by atoms with Gasteiger partial charge in [0.05, 0.1) is 0 Å². The minimum atomic E-state index is -0.535. The molecule has 19 heavy (non-hydrogen) atoms. The lowest BCUT2D eigenvalue weighted by atomic mass is 10.1. The average Bonchev–Trinajstić information content (AvgIpc) is 2.95. The number of hydrogen-bond donors (Lipinski definition) is 1. The van der Waals surface area contributed by atoms with Crippen molar-refractivity contribution in [1.29, 1.82) is 0 Å². The molecule has 0 saturated heterocycles. The Labute approximate surface area is 109 Å². The molecule has 5 heteroatoms.